The Labute approximate surface area is 103 Å². The van der Waals surface area contributed by atoms with Crippen molar-refractivity contribution in [3.05, 3.63) is 23.8 Å². The van der Waals surface area contributed by atoms with Crippen molar-refractivity contribution in [2.45, 2.75) is 17.4 Å². The fourth-order valence-electron chi connectivity index (χ4n) is 2.31. The maximum Gasteiger partial charge on any atom is 0.307 e. The molecular weight excluding hydrogens is 238 g/mol. The Balaban J connectivity index is 1.79. The summed E-state index contributed by atoms with van der Waals surface area (Å²) in [6.07, 6.45) is 0.654. The van der Waals surface area contributed by atoms with Crippen LogP contribution in [-0.4, -0.2) is 23.6 Å². The van der Waals surface area contributed by atoms with Crippen molar-refractivity contribution in [3.8, 4) is 5.75 Å². The molecule has 0 saturated carbocycles. The molecule has 0 bridgehead atoms. The van der Waals surface area contributed by atoms with E-state index < -0.39 is 5.97 Å². The quantitative estimate of drug-likeness (QED) is 0.840. The van der Waals surface area contributed by atoms with Gasteiger partial charge in [-0.1, -0.05) is 17.8 Å². The zero-order chi connectivity index (χ0) is 11.8. The standard InChI is InChI=1S/C12H13NO3S/c14-12(15)8-3-9(13-5-8)7-1-2-11-10(4-7)16-6-17-11/h1-2,4,8-9,13H,3,5-6H2,(H,14,15). The normalized spacial score (nSPS) is 26.6. The van der Waals surface area contributed by atoms with Crippen molar-refractivity contribution in [2.75, 3.05) is 12.5 Å². The molecule has 90 valence electrons. The van der Waals surface area contributed by atoms with Gasteiger partial charge in [0, 0.05) is 12.6 Å². The highest BCUT2D eigenvalue weighted by Gasteiger charge is 2.30. The van der Waals surface area contributed by atoms with E-state index in [0.717, 1.165) is 11.3 Å². The molecule has 1 aromatic rings. The Morgan fingerprint density at radius 3 is 3.18 bits per heavy atom. The molecule has 2 unspecified atom stereocenters. The van der Waals surface area contributed by atoms with Crippen molar-refractivity contribution < 1.29 is 14.6 Å². The summed E-state index contributed by atoms with van der Waals surface area (Å²) in [5.74, 6) is 0.610. The molecule has 3 rings (SSSR count). The van der Waals surface area contributed by atoms with E-state index in [-0.39, 0.29) is 12.0 Å². The van der Waals surface area contributed by atoms with E-state index in [4.69, 9.17) is 9.84 Å². The third-order valence-corrected chi connectivity index (χ3v) is 4.16. The summed E-state index contributed by atoms with van der Waals surface area (Å²) < 4.78 is 5.49. The maximum atomic E-state index is 10.9. The van der Waals surface area contributed by atoms with Gasteiger partial charge < -0.3 is 15.2 Å². The molecule has 1 aromatic carbocycles. The van der Waals surface area contributed by atoms with Gasteiger partial charge in [-0.05, 0) is 24.1 Å². The van der Waals surface area contributed by atoms with Crippen molar-refractivity contribution >= 4 is 17.7 Å². The monoisotopic (exact) mass is 251 g/mol. The van der Waals surface area contributed by atoms with E-state index in [1.54, 1.807) is 11.8 Å². The van der Waals surface area contributed by atoms with Crippen LogP contribution in [-0.2, 0) is 4.79 Å². The predicted molar refractivity (Wildman–Crippen MR) is 64.3 cm³/mol. The van der Waals surface area contributed by atoms with Gasteiger partial charge in [-0.3, -0.25) is 4.79 Å². The van der Waals surface area contributed by atoms with Crippen LogP contribution in [0.25, 0.3) is 0 Å². The van der Waals surface area contributed by atoms with Crippen LogP contribution in [0.5, 0.6) is 5.75 Å². The molecule has 1 fully saturated rings. The molecule has 0 radical (unpaired) electrons. The van der Waals surface area contributed by atoms with Crippen LogP contribution >= 0.6 is 11.8 Å². The molecule has 2 N–H and O–H groups in total. The topological polar surface area (TPSA) is 58.6 Å². The van der Waals surface area contributed by atoms with Gasteiger partial charge in [-0.15, -0.1) is 0 Å². The molecule has 1 saturated heterocycles. The highest BCUT2D eigenvalue weighted by molar-refractivity contribution is 7.99. The Kier molecular flexibility index (Phi) is 2.72. The minimum Gasteiger partial charge on any atom is -0.481 e. The van der Waals surface area contributed by atoms with Gasteiger partial charge in [0.1, 0.15) is 11.7 Å². The summed E-state index contributed by atoms with van der Waals surface area (Å²) in [7, 11) is 0. The first kappa shape index (κ1) is 10.9. The second-order valence-electron chi connectivity index (χ2n) is 4.34. The highest BCUT2D eigenvalue weighted by Crippen LogP contribution is 2.39. The Hall–Kier alpha value is -1.20. The van der Waals surface area contributed by atoms with Gasteiger partial charge in [0.25, 0.3) is 0 Å². The van der Waals surface area contributed by atoms with Gasteiger partial charge >= 0.3 is 5.97 Å². The number of hydrogen-bond donors (Lipinski definition) is 2. The molecule has 2 heterocycles. The lowest BCUT2D eigenvalue weighted by Crippen LogP contribution is -2.17. The molecule has 4 nitrogen and oxygen atoms in total. The lowest BCUT2D eigenvalue weighted by molar-refractivity contribution is -0.141. The molecule has 5 heteroatoms. The van der Waals surface area contributed by atoms with Gasteiger partial charge in [-0.2, -0.15) is 0 Å². The van der Waals surface area contributed by atoms with E-state index in [0.29, 0.717) is 18.9 Å². The highest BCUT2D eigenvalue weighted by atomic mass is 32.2. The van der Waals surface area contributed by atoms with Crippen molar-refractivity contribution in [3.63, 3.8) is 0 Å². The van der Waals surface area contributed by atoms with Crippen LogP contribution in [0.15, 0.2) is 23.1 Å². The van der Waals surface area contributed by atoms with E-state index in [1.165, 1.54) is 4.90 Å². The second kappa shape index (κ2) is 4.23. The number of hydrogen-bond acceptors (Lipinski definition) is 4. The molecule has 0 amide bonds. The van der Waals surface area contributed by atoms with Crippen molar-refractivity contribution in [1.29, 1.82) is 0 Å². The molecule has 0 aromatic heterocycles. The minimum absolute atomic E-state index is 0.135. The SMILES string of the molecule is O=C(O)C1CNC(c2ccc3c(c2)OCS3)C1. The van der Waals surface area contributed by atoms with E-state index in [9.17, 15) is 4.79 Å². The summed E-state index contributed by atoms with van der Waals surface area (Å²) in [6.45, 7) is 0.548. The van der Waals surface area contributed by atoms with Crippen LogP contribution in [0.3, 0.4) is 0 Å². The van der Waals surface area contributed by atoms with Gasteiger partial charge in [-0.25, -0.2) is 0 Å². The largest absolute Gasteiger partial charge is 0.481 e. The summed E-state index contributed by atoms with van der Waals surface area (Å²) in [4.78, 5) is 12.1. The summed E-state index contributed by atoms with van der Waals surface area (Å²) in [6, 6.07) is 6.27. The van der Waals surface area contributed by atoms with E-state index >= 15 is 0 Å². The van der Waals surface area contributed by atoms with Crippen LogP contribution in [0.1, 0.15) is 18.0 Å². The van der Waals surface area contributed by atoms with Crippen LogP contribution in [0.2, 0.25) is 0 Å². The third-order valence-electron chi connectivity index (χ3n) is 3.28. The molecule has 0 aliphatic carbocycles. The van der Waals surface area contributed by atoms with Gasteiger partial charge in [0.15, 0.2) is 0 Å². The minimum atomic E-state index is -0.715. The number of carboxylic acids is 1. The fraction of sp³-hybridized carbons (Fsp3) is 0.417. The number of fused-ring (bicyclic) bond motifs is 1. The lowest BCUT2D eigenvalue weighted by atomic mass is 10.00. The number of thioether (sulfide) groups is 1. The summed E-state index contributed by atoms with van der Waals surface area (Å²) in [5, 5.41) is 12.2. The van der Waals surface area contributed by atoms with Gasteiger partial charge in [0.2, 0.25) is 0 Å². The number of nitrogens with one attached hydrogen (secondary N) is 1. The lowest BCUT2D eigenvalue weighted by Gasteiger charge is -2.11. The average molecular weight is 251 g/mol. The smallest absolute Gasteiger partial charge is 0.307 e. The second-order valence-corrected chi connectivity index (χ2v) is 5.31. The van der Waals surface area contributed by atoms with E-state index in [2.05, 4.69) is 17.4 Å². The number of aliphatic carboxylic acids is 1. The van der Waals surface area contributed by atoms with Gasteiger partial charge in [0.05, 0.1) is 10.8 Å². The first-order valence-corrected chi connectivity index (χ1v) is 6.58. The average Bonchev–Trinajstić information content (AvgIpc) is 2.97. The third kappa shape index (κ3) is 2.00. The van der Waals surface area contributed by atoms with Crippen LogP contribution < -0.4 is 10.1 Å². The van der Waals surface area contributed by atoms with Crippen molar-refractivity contribution in [2.24, 2.45) is 5.92 Å². The zero-order valence-electron chi connectivity index (χ0n) is 9.18. The maximum absolute atomic E-state index is 10.9. The molecular formula is C12H13NO3S. The Bertz CT molecular complexity index is 463. The van der Waals surface area contributed by atoms with Crippen molar-refractivity contribution in [1.82, 2.24) is 5.32 Å². The molecule has 17 heavy (non-hydrogen) atoms. The number of carboxylic acid groups (broad SMARTS) is 1. The number of ether oxygens (including phenoxy) is 1. The zero-order valence-corrected chi connectivity index (χ0v) is 10.00. The fourth-order valence-corrected chi connectivity index (χ4v) is 3.04. The summed E-state index contributed by atoms with van der Waals surface area (Å²) in [5.41, 5.74) is 1.12. The molecule has 2 aliphatic heterocycles. The number of benzene rings is 1. The molecule has 2 atom stereocenters. The van der Waals surface area contributed by atoms with E-state index in [1.807, 2.05) is 6.07 Å². The first-order valence-electron chi connectivity index (χ1n) is 5.60. The molecule has 2 aliphatic rings. The number of carbonyl (C=O) groups is 1. The van der Waals surface area contributed by atoms with Crippen LogP contribution in [0.4, 0.5) is 0 Å². The van der Waals surface area contributed by atoms with Crippen LogP contribution in [0, 0.1) is 5.92 Å². The predicted octanol–water partition coefficient (Wildman–Crippen LogP) is 1.86. The first-order chi connectivity index (χ1) is 8.24. The Morgan fingerprint density at radius 1 is 1.53 bits per heavy atom. The summed E-state index contributed by atoms with van der Waals surface area (Å²) >= 11 is 1.69. The number of rotatable bonds is 2. The Morgan fingerprint density at radius 2 is 2.41 bits per heavy atom. The molecule has 0 spiro atoms.